The molecule has 0 radical (unpaired) electrons. The van der Waals surface area contributed by atoms with Crippen LogP contribution in [-0.4, -0.2) is 10.9 Å². The van der Waals surface area contributed by atoms with Gasteiger partial charge < -0.3 is 0 Å². The number of hydrogen-bond acceptors (Lipinski definition) is 3. The number of amides is 1. The Balaban J connectivity index is 1.82. The summed E-state index contributed by atoms with van der Waals surface area (Å²) in [5, 5.41) is 3.57. The lowest BCUT2D eigenvalue weighted by Gasteiger charge is -2.18. The lowest BCUT2D eigenvalue weighted by molar-refractivity contribution is 0.102. The highest BCUT2D eigenvalue weighted by Crippen LogP contribution is 2.29. The molecule has 3 nitrogen and oxygen atoms in total. The number of carbonyl (C=O) groups excluding carboxylic acids is 1. The van der Waals surface area contributed by atoms with E-state index in [0.29, 0.717) is 10.7 Å². The highest BCUT2D eigenvalue weighted by molar-refractivity contribution is 7.22. The van der Waals surface area contributed by atoms with E-state index in [9.17, 15) is 4.79 Å². The maximum atomic E-state index is 12.5. The van der Waals surface area contributed by atoms with E-state index in [2.05, 4.69) is 44.1 Å². The molecule has 1 amide bonds. The van der Waals surface area contributed by atoms with E-state index in [-0.39, 0.29) is 11.3 Å². The Kier molecular flexibility index (Phi) is 4.41. The Hall–Kier alpha value is -2.20. The van der Waals surface area contributed by atoms with E-state index in [0.717, 1.165) is 16.6 Å². The van der Waals surface area contributed by atoms with Crippen LogP contribution >= 0.6 is 11.3 Å². The van der Waals surface area contributed by atoms with Crippen LogP contribution in [0, 0.1) is 0 Å². The molecule has 0 aliphatic carbocycles. The van der Waals surface area contributed by atoms with Crippen LogP contribution in [0.4, 0.5) is 5.13 Å². The van der Waals surface area contributed by atoms with Crippen molar-refractivity contribution in [1.29, 1.82) is 0 Å². The predicted molar refractivity (Wildman–Crippen MR) is 102 cm³/mol. The van der Waals surface area contributed by atoms with Crippen LogP contribution in [-0.2, 0) is 11.8 Å². The van der Waals surface area contributed by atoms with Crippen molar-refractivity contribution in [2.24, 2.45) is 0 Å². The number of aromatic nitrogens is 1. The van der Waals surface area contributed by atoms with Crippen molar-refractivity contribution in [2.75, 3.05) is 5.32 Å². The van der Waals surface area contributed by atoms with Gasteiger partial charge >= 0.3 is 0 Å². The molecule has 2 aromatic carbocycles. The summed E-state index contributed by atoms with van der Waals surface area (Å²) in [7, 11) is 0. The van der Waals surface area contributed by atoms with Gasteiger partial charge in [-0.25, -0.2) is 4.98 Å². The fourth-order valence-electron chi connectivity index (χ4n) is 2.64. The van der Waals surface area contributed by atoms with Gasteiger partial charge in [0.15, 0.2) is 5.13 Å². The number of carbonyl (C=O) groups is 1. The second-order valence-electron chi connectivity index (χ2n) is 6.92. The molecule has 0 aliphatic heterocycles. The van der Waals surface area contributed by atoms with Gasteiger partial charge in [-0.3, -0.25) is 10.1 Å². The maximum absolute atomic E-state index is 12.5. The number of aryl methyl sites for hydroxylation is 1. The maximum Gasteiger partial charge on any atom is 0.257 e. The average Bonchev–Trinajstić information content (AvgIpc) is 2.96. The van der Waals surface area contributed by atoms with E-state index in [1.165, 1.54) is 22.5 Å². The minimum Gasteiger partial charge on any atom is -0.298 e. The summed E-state index contributed by atoms with van der Waals surface area (Å²) >= 11 is 1.51. The lowest BCUT2D eigenvalue weighted by Crippen LogP contribution is -2.14. The Labute approximate surface area is 146 Å². The first-order valence-corrected chi connectivity index (χ1v) is 9.00. The Bertz CT molecular complexity index is 873. The summed E-state index contributed by atoms with van der Waals surface area (Å²) in [6.07, 6.45) is 0.933. The Morgan fingerprint density at radius 2 is 1.83 bits per heavy atom. The van der Waals surface area contributed by atoms with E-state index in [4.69, 9.17) is 0 Å². The first kappa shape index (κ1) is 16.7. The van der Waals surface area contributed by atoms with Crippen molar-refractivity contribution in [2.45, 2.75) is 39.5 Å². The van der Waals surface area contributed by atoms with Crippen LogP contribution < -0.4 is 5.32 Å². The fourth-order valence-corrected chi connectivity index (χ4v) is 3.54. The molecular weight excluding hydrogens is 316 g/mol. The second kappa shape index (κ2) is 6.36. The molecular formula is C20H22N2OS. The number of nitrogens with one attached hydrogen (secondary N) is 1. The number of rotatable bonds is 3. The lowest BCUT2D eigenvalue weighted by atomic mass is 9.87. The van der Waals surface area contributed by atoms with E-state index in [1.54, 1.807) is 0 Å². The molecule has 4 heteroatoms. The normalized spacial score (nSPS) is 11.7. The van der Waals surface area contributed by atoms with Gasteiger partial charge in [0, 0.05) is 5.56 Å². The number of nitrogens with zero attached hydrogens (tertiary/aromatic N) is 1. The number of hydrogen-bond donors (Lipinski definition) is 1. The molecule has 0 bridgehead atoms. The molecule has 124 valence electrons. The number of anilines is 1. The summed E-state index contributed by atoms with van der Waals surface area (Å²) < 4.78 is 1.10. The molecule has 0 aliphatic rings. The van der Waals surface area contributed by atoms with Crippen molar-refractivity contribution >= 4 is 32.6 Å². The van der Waals surface area contributed by atoms with E-state index >= 15 is 0 Å². The third-order valence-corrected chi connectivity index (χ3v) is 5.05. The van der Waals surface area contributed by atoms with Crippen molar-refractivity contribution in [3.63, 3.8) is 0 Å². The van der Waals surface area contributed by atoms with Crippen molar-refractivity contribution in [3.8, 4) is 0 Å². The van der Waals surface area contributed by atoms with Crippen LogP contribution in [0.2, 0.25) is 0 Å². The molecule has 1 aromatic heterocycles. The van der Waals surface area contributed by atoms with Gasteiger partial charge in [-0.2, -0.15) is 0 Å². The average molecular weight is 338 g/mol. The van der Waals surface area contributed by atoms with Crippen molar-refractivity contribution in [3.05, 3.63) is 59.2 Å². The molecule has 0 saturated carbocycles. The summed E-state index contributed by atoms with van der Waals surface area (Å²) in [5.41, 5.74) is 4.14. The van der Waals surface area contributed by atoms with Crippen LogP contribution in [0.15, 0.2) is 42.5 Å². The molecule has 0 spiro atoms. The first-order valence-electron chi connectivity index (χ1n) is 8.19. The second-order valence-corrected chi connectivity index (χ2v) is 7.95. The van der Waals surface area contributed by atoms with E-state index < -0.39 is 0 Å². The van der Waals surface area contributed by atoms with Gasteiger partial charge in [-0.1, -0.05) is 63.3 Å². The molecule has 24 heavy (non-hydrogen) atoms. The zero-order valence-electron chi connectivity index (χ0n) is 14.5. The summed E-state index contributed by atoms with van der Waals surface area (Å²) in [6, 6.07) is 13.9. The highest BCUT2D eigenvalue weighted by atomic mass is 32.1. The van der Waals surface area contributed by atoms with Gasteiger partial charge in [0.05, 0.1) is 10.2 Å². The van der Waals surface area contributed by atoms with Crippen molar-refractivity contribution < 1.29 is 4.79 Å². The van der Waals surface area contributed by atoms with Gasteiger partial charge in [0.25, 0.3) is 5.91 Å². The zero-order valence-corrected chi connectivity index (χ0v) is 15.3. The third-order valence-electron chi connectivity index (χ3n) is 4.12. The molecule has 0 unspecified atom stereocenters. The third kappa shape index (κ3) is 3.34. The molecule has 3 rings (SSSR count). The fraction of sp³-hybridized carbons (Fsp3) is 0.300. The number of para-hydroxylation sites is 1. The van der Waals surface area contributed by atoms with Gasteiger partial charge in [0.2, 0.25) is 0 Å². The minimum atomic E-state index is -0.118. The summed E-state index contributed by atoms with van der Waals surface area (Å²) in [5.74, 6) is -0.118. The first-order chi connectivity index (χ1) is 11.4. The molecule has 1 N–H and O–H groups in total. The zero-order chi connectivity index (χ0) is 17.3. The summed E-state index contributed by atoms with van der Waals surface area (Å²) in [4.78, 5) is 17.1. The number of thiazole rings is 1. The number of benzene rings is 2. The summed E-state index contributed by atoms with van der Waals surface area (Å²) in [6.45, 7) is 8.60. The van der Waals surface area contributed by atoms with Crippen LogP contribution in [0.3, 0.4) is 0 Å². The molecule has 0 fully saturated rings. The quantitative estimate of drug-likeness (QED) is 0.694. The standard InChI is InChI=1S/C20H22N2OS/c1-5-13-7-6-8-16-17(13)21-19(24-16)22-18(23)14-9-11-15(12-10-14)20(2,3)4/h6-12H,5H2,1-4H3,(H,21,22,23). The molecule has 0 saturated heterocycles. The van der Waals surface area contributed by atoms with E-state index in [1.807, 2.05) is 36.4 Å². The molecule has 1 heterocycles. The van der Waals surface area contributed by atoms with Crippen LogP contribution in [0.5, 0.6) is 0 Å². The molecule has 3 aromatic rings. The minimum absolute atomic E-state index is 0.0819. The van der Waals surface area contributed by atoms with Gasteiger partial charge in [-0.15, -0.1) is 0 Å². The monoisotopic (exact) mass is 338 g/mol. The molecule has 0 atom stereocenters. The number of fused-ring (bicyclic) bond motifs is 1. The van der Waals surface area contributed by atoms with Gasteiger partial charge in [-0.05, 0) is 41.2 Å². The largest absolute Gasteiger partial charge is 0.298 e. The van der Waals surface area contributed by atoms with Crippen LogP contribution in [0.25, 0.3) is 10.2 Å². The highest BCUT2D eigenvalue weighted by Gasteiger charge is 2.15. The Morgan fingerprint density at radius 3 is 2.46 bits per heavy atom. The smallest absolute Gasteiger partial charge is 0.257 e. The Morgan fingerprint density at radius 1 is 1.12 bits per heavy atom. The SMILES string of the molecule is CCc1cccc2sc(NC(=O)c3ccc(C(C)(C)C)cc3)nc12. The van der Waals surface area contributed by atoms with Crippen molar-refractivity contribution in [1.82, 2.24) is 4.98 Å². The van der Waals surface area contributed by atoms with Crippen LogP contribution in [0.1, 0.15) is 49.2 Å². The van der Waals surface area contributed by atoms with Gasteiger partial charge in [0.1, 0.15) is 0 Å². The topological polar surface area (TPSA) is 42.0 Å². The predicted octanol–water partition coefficient (Wildman–Crippen LogP) is 5.41.